The Labute approximate surface area is 170 Å². The number of aryl methyl sites for hydroxylation is 1. The molecule has 0 aliphatic carbocycles. The number of carbonyl (C=O) groups is 1. The van der Waals surface area contributed by atoms with Gasteiger partial charge in [0, 0.05) is 32.4 Å². The highest BCUT2D eigenvalue weighted by Gasteiger charge is 2.23. The maximum Gasteiger partial charge on any atom is 0.253 e. The van der Waals surface area contributed by atoms with Gasteiger partial charge in [-0.3, -0.25) is 9.79 Å². The summed E-state index contributed by atoms with van der Waals surface area (Å²) in [6.45, 7) is 3.48. The van der Waals surface area contributed by atoms with Gasteiger partial charge in [-0.2, -0.15) is 0 Å². The minimum absolute atomic E-state index is 0.0975. The van der Waals surface area contributed by atoms with Crippen molar-refractivity contribution in [3.8, 4) is 0 Å². The van der Waals surface area contributed by atoms with Crippen molar-refractivity contribution < 1.29 is 13.9 Å². The van der Waals surface area contributed by atoms with E-state index in [0.717, 1.165) is 29.7 Å². The Balaban J connectivity index is 1.51. The number of hydrogen-bond acceptors (Lipinski definition) is 3. The van der Waals surface area contributed by atoms with Crippen molar-refractivity contribution in [3.63, 3.8) is 0 Å². The van der Waals surface area contributed by atoms with Gasteiger partial charge in [0.2, 0.25) is 0 Å². The molecule has 1 amide bonds. The van der Waals surface area contributed by atoms with Gasteiger partial charge in [-0.15, -0.1) is 0 Å². The number of anilines is 1. The fourth-order valence-corrected chi connectivity index (χ4v) is 3.18. The molecule has 0 bridgehead atoms. The number of benzene rings is 2. The highest BCUT2D eigenvalue weighted by molar-refractivity contribution is 5.94. The van der Waals surface area contributed by atoms with Crippen LogP contribution in [0.1, 0.15) is 29.5 Å². The van der Waals surface area contributed by atoms with Gasteiger partial charge >= 0.3 is 0 Å². The number of hydrogen-bond donors (Lipinski definition) is 3. The fourth-order valence-electron chi connectivity index (χ4n) is 3.18. The topological polar surface area (TPSA) is 74.8 Å². The fraction of sp³-hybridized carbons (Fsp3) is 0.364. The van der Waals surface area contributed by atoms with Gasteiger partial charge in [0.05, 0.1) is 0 Å². The standard InChI is InChI=1S/C22H27FN4O2/c1-15-11-17(8-9-19(15)23)14-26-22(24-2)25-13-16-5-3-6-18(12-16)27-21(28)20-7-4-10-29-20/h3,5-6,8-9,11-12,20H,4,7,10,13-14H2,1-2H3,(H,27,28)(H2,24,25,26). The zero-order valence-electron chi connectivity index (χ0n) is 16.8. The maximum atomic E-state index is 13.4. The lowest BCUT2D eigenvalue weighted by molar-refractivity contribution is -0.124. The van der Waals surface area contributed by atoms with Crippen LogP contribution >= 0.6 is 0 Å². The average Bonchev–Trinajstić information content (AvgIpc) is 3.26. The van der Waals surface area contributed by atoms with Crippen LogP contribution in [0.4, 0.5) is 10.1 Å². The predicted octanol–water partition coefficient (Wildman–Crippen LogP) is 3.12. The largest absolute Gasteiger partial charge is 0.368 e. The number of halogens is 1. The molecule has 3 rings (SSSR count). The molecule has 29 heavy (non-hydrogen) atoms. The molecule has 1 unspecified atom stereocenters. The molecule has 2 aromatic carbocycles. The number of amides is 1. The summed E-state index contributed by atoms with van der Waals surface area (Å²) in [7, 11) is 1.70. The van der Waals surface area contributed by atoms with E-state index >= 15 is 0 Å². The van der Waals surface area contributed by atoms with Crippen LogP contribution in [0.25, 0.3) is 0 Å². The highest BCUT2D eigenvalue weighted by atomic mass is 19.1. The second-order valence-electron chi connectivity index (χ2n) is 7.05. The van der Waals surface area contributed by atoms with E-state index in [-0.39, 0.29) is 17.8 Å². The molecule has 1 heterocycles. The van der Waals surface area contributed by atoms with Crippen molar-refractivity contribution in [1.29, 1.82) is 0 Å². The summed E-state index contributed by atoms with van der Waals surface area (Å²) in [5, 5.41) is 9.38. The molecule has 3 N–H and O–H groups in total. The molecule has 1 atom stereocenters. The molecule has 6 nitrogen and oxygen atoms in total. The summed E-state index contributed by atoms with van der Waals surface area (Å²) >= 11 is 0. The van der Waals surface area contributed by atoms with Gasteiger partial charge in [0.25, 0.3) is 5.91 Å². The number of rotatable bonds is 6. The molecule has 0 saturated carbocycles. The van der Waals surface area contributed by atoms with Gasteiger partial charge in [-0.1, -0.05) is 24.3 Å². The van der Waals surface area contributed by atoms with E-state index < -0.39 is 0 Å². The van der Waals surface area contributed by atoms with E-state index in [2.05, 4.69) is 20.9 Å². The predicted molar refractivity (Wildman–Crippen MR) is 112 cm³/mol. The van der Waals surface area contributed by atoms with E-state index in [1.807, 2.05) is 30.3 Å². The molecule has 0 aromatic heterocycles. The Kier molecular flexibility index (Phi) is 7.19. The Morgan fingerprint density at radius 2 is 1.93 bits per heavy atom. The number of carbonyl (C=O) groups excluding carboxylic acids is 1. The van der Waals surface area contributed by atoms with E-state index in [0.29, 0.717) is 31.2 Å². The Bertz CT molecular complexity index is 879. The molecule has 0 spiro atoms. The Morgan fingerprint density at radius 1 is 1.17 bits per heavy atom. The minimum Gasteiger partial charge on any atom is -0.368 e. The van der Waals surface area contributed by atoms with Crippen LogP contribution in [-0.4, -0.2) is 31.6 Å². The molecule has 1 saturated heterocycles. The summed E-state index contributed by atoms with van der Waals surface area (Å²) in [6.07, 6.45) is 1.34. The first-order valence-corrected chi connectivity index (χ1v) is 9.76. The van der Waals surface area contributed by atoms with Gasteiger partial charge < -0.3 is 20.7 Å². The van der Waals surface area contributed by atoms with Gasteiger partial charge in [-0.05, 0) is 54.7 Å². The number of nitrogens with one attached hydrogen (secondary N) is 3. The van der Waals surface area contributed by atoms with Crippen molar-refractivity contribution in [2.45, 2.75) is 39.0 Å². The third kappa shape index (κ3) is 6.02. The molecular formula is C22H27FN4O2. The van der Waals surface area contributed by atoms with Crippen molar-refractivity contribution in [2.75, 3.05) is 19.0 Å². The number of aliphatic imine (C=N–C) groups is 1. The van der Waals surface area contributed by atoms with Gasteiger partial charge in [-0.25, -0.2) is 4.39 Å². The lowest BCUT2D eigenvalue weighted by Crippen LogP contribution is -2.36. The number of ether oxygens (including phenoxy) is 1. The lowest BCUT2D eigenvalue weighted by atomic mass is 10.1. The molecule has 1 fully saturated rings. The molecular weight excluding hydrogens is 371 g/mol. The SMILES string of the molecule is CN=C(NCc1cccc(NC(=O)C2CCCO2)c1)NCc1ccc(F)c(C)c1. The van der Waals surface area contributed by atoms with Crippen LogP contribution in [0.2, 0.25) is 0 Å². The first kappa shape index (κ1) is 20.8. The quantitative estimate of drug-likeness (QED) is 0.516. The highest BCUT2D eigenvalue weighted by Crippen LogP contribution is 2.16. The van der Waals surface area contributed by atoms with Crippen LogP contribution in [0.3, 0.4) is 0 Å². The summed E-state index contributed by atoms with van der Waals surface area (Å²) < 4.78 is 18.8. The summed E-state index contributed by atoms with van der Waals surface area (Å²) in [6, 6.07) is 12.7. The van der Waals surface area contributed by atoms with E-state index in [4.69, 9.17) is 4.74 Å². The Hall–Kier alpha value is -2.93. The van der Waals surface area contributed by atoms with Crippen molar-refractivity contribution >= 4 is 17.6 Å². The van der Waals surface area contributed by atoms with Crippen LogP contribution in [0.15, 0.2) is 47.5 Å². The van der Waals surface area contributed by atoms with Crippen molar-refractivity contribution in [1.82, 2.24) is 10.6 Å². The van der Waals surface area contributed by atoms with Crippen LogP contribution < -0.4 is 16.0 Å². The summed E-state index contributed by atoms with van der Waals surface area (Å²) in [5.41, 5.74) is 3.35. The third-order valence-electron chi connectivity index (χ3n) is 4.78. The lowest BCUT2D eigenvalue weighted by Gasteiger charge is -2.14. The Morgan fingerprint density at radius 3 is 2.59 bits per heavy atom. The van der Waals surface area contributed by atoms with E-state index in [1.165, 1.54) is 6.07 Å². The van der Waals surface area contributed by atoms with E-state index in [1.54, 1.807) is 20.0 Å². The van der Waals surface area contributed by atoms with Crippen LogP contribution in [0.5, 0.6) is 0 Å². The number of guanidine groups is 1. The molecule has 1 aliphatic rings. The second-order valence-corrected chi connectivity index (χ2v) is 7.05. The first-order valence-electron chi connectivity index (χ1n) is 9.76. The van der Waals surface area contributed by atoms with E-state index in [9.17, 15) is 9.18 Å². The number of nitrogens with zero attached hydrogens (tertiary/aromatic N) is 1. The van der Waals surface area contributed by atoms with Crippen molar-refractivity contribution in [3.05, 3.63) is 65.0 Å². The molecule has 1 aliphatic heterocycles. The molecule has 2 aromatic rings. The summed E-state index contributed by atoms with van der Waals surface area (Å²) in [4.78, 5) is 16.4. The van der Waals surface area contributed by atoms with Gasteiger partial charge in [0.1, 0.15) is 11.9 Å². The third-order valence-corrected chi connectivity index (χ3v) is 4.78. The average molecular weight is 398 g/mol. The van der Waals surface area contributed by atoms with Crippen LogP contribution in [-0.2, 0) is 22.6 Å². The van der Waals surface area contributed by atoms with Crippen molar-refractivity contribution in [2.24, 2.45) is 4.99 Å². The van der Waals surface area contributed by atoms with Crippen LogP contribution in [0, 0.1) is 12.7 Å². The second kappa shape index (κ2) is 10.0. The summed E-state index contributed by atoms with van der Waals surface area (Å²) in [5.74, 6) is 0.336. The minimum atomic E-state index is -0.352. The molecule has 7 heteroatoms. The maximum absolute atomic E-state index is 13.4. The smallest absolute Gasteiger partial charge is 0.253 e. The molecule has 154 valence electrons. The zero-order valence-corrected chi connectivity index (χ0v) is 16.8. The normalized spacial score (nSPS) is 16.5. The van der Waals surface area contributed by atoms with Gasteiger partial charge in [0.15, 0.2) is 5.96 Å². The zero-order chi connectivity index (χ0) is 20.6. The monoisotopic (exact) mass is 398 g/mol. The first-order chi connectivity index (χ1) is 14.0. The molecule has 0 radical (unpaired) electrons.